The molecule has 30 heavy (non-hydrogen) atoms. The smallest absolute Gasteiger partial charge is 0.318 e. The summed E-state index contributed by atoms with van der Waals surface area (Å²) in [5.41, 5.74) is 4.03. The standard InChI is InChI=1S/C27H21FO2/c1-19(23-14-17-25(26(28)18-23)22-10-6-3-7-11-22)27(29)30-24-15-12-21(13-16-24)20-8-4-2-5-9-20/h2-19H,1H3/t19-/m1/s1. The molecule has 3 heteroatoms. The van der Waals surface area contributed by atoms with Gasteiger partial charge in [0.25, 0.3) is 0 Å². The lowest BCUT2D eigenvalue weighted by molar-refractivity contribution is -0.135. The van der Waals surface area contributed by atoms with Crippen molar-refractivity contribution in [1.29, 1.82) is 0 Å². The van der Waals surface area contributed by atoms with Crippen molar-refractivity contribution in [2.75, 3.05) is 0 Å². The second-order valence-corrected chi connectivity index (χ2v) is 7.14. The average molecular weight is 396 g/mol. The van der Waals surface area contributed by atoms with Gasteiger partial charge >= 0.3 is 5.97 Å². The van der Waals surface area contributed by atoms with Gasteiger partial charge in [-0.1, -0.05) is 84.9 Å². The zero-order chi connectivity index (χ0) is 20.9. The highest BCUT2D eigenvalue weighted by Crippen LogP contribution is 2.28. The van der Waals surface area contributed by atoms with E-state index in [1.807, 2.05) is 72.8 Å². The lowest BCUT2D eigenvalue weighted by Crippen LogP contribution is -2.16. The predicted molar refractivity (Wildman–Crippen MR) is 118 cm³/mol. The highest BCUT2D eigenvalue weighted by Gasteiger charge is 2.19. The van der Waals surface area contributed by atoms with Crippen LogP contribution in [0.25, 0.3) is 22.3 Å². The van der Waals surface area contributed by atoms with Gasteiger partial charge in [-0.25, -0.2) is 4.39 Å². The fourth-order valence-electron chi connectivity index (χ4n) is 3.34. The summed E-state index contributed by atoms with van der Waals surface area (Å²) in [4.78, 5) is 12.6. The molecule has 2 nitrogen and oxygen atoms in total. The van der Waals surface area contributed by atoms with Gasteiger partial charge in [0.05, 0.1) is 5.92 Å². The third-order valence-electron chi connectivity index (χ3n) is 5.11. The molecule has 0 saturated heterocycles. The topological polar surface area (TPSA) is 26.3 Å². The molecule has 0 saturated carbocycles. The molecule has 0 bridgehead atoms. The Balaban J connectivity index is 1.47. The van der Waals surface area contributed by atoms with Gasteiger partial charge in [-0.3, -0.25) is 4.79 Å². The summed E-state index contributed by atoms with van der Waals surface area (Å²) in [5, 5.41) is 0. The van der Waals surface area contributed by atoms with Gasteiger partial charge < -0.3 is 4.74 Å². The largest absolute Gasteiger partial charge is 0.426 e. The molecule has 0 aromatic heterocycles. The molecule has 0 unspecified atom stereocenters. The molecule has 0 amide bonds. The van der Waals surface area contributed by atoms with Crippen LogP contribution in [0.15, 0.2) is 103 Å². The molecule has 0 aliphatic carbocycles. The summed E-state index contributed by atoms with van der Waals surface area (Å²) in [6, 6.07) is 31.6. The molecule has 4 aromatic carbocycles. The number of carbonyl (C=O) groups is 1. The Morgan fingerprint density at radius 3 is 1.90 bits per heavy atom. The Hall–Kier alpha value is -3.72. The Kier molecular flexibility index (Phi) is 5.71. The lowest BCUT2D eigenvalue weighted by atomic mass is 9.97. The highest BCUT2D eigenvalue weighted by atomic mass is 19.1. The second kappa shape index (κ2) is 8.75. The van der Waals surface area contributed by atoms with Gasteiger partial charge in [0.1, 0.15) is 11.6 Å². The molecule has 0 fully saturated rings. The van der Waals surface area contributed by atoms with Gasteiger partial charge in [-0.15, -0.1) is 0 Å². The van der Waals surface area contributed by atoms with Crippen LogP contribution in [0, 0.1) is 5.82 Å². The van der Waals surface area contributed by atoms with Gasteiger partial charge in [-0.05, 0) is 47.4 Å². The molecule has 1 atom stereocenters. The van der Waals surface area contributed by atoms with Crippen LogP contribution in [-0.2, 0) is 4.79 Å². The number of esters is 1. The minimum atomic E-state index is -0.585. The first-order valence-electron chi connectivity index (χ1n) is 9.84. The SMILES string of the molecule is C[C@@H](C(=O)Oc1ccc(-c2ccccc2)cc1)c1ccc(-c2ccccc2)c(F)c1. The van der Waals surface area contributed by atoms with Gasteiger partial charge in [-0.2, -0.15) is 0 Å². The second-order valence-electron chi connectivity index (χ2n) is 7.14. The normalized spacial score (nSPS) is 11.7. The highest BCUT2D eigenvalue weighted by molar-refractivity contribution is 5.80. The van der Waals surface area contributed by atoms with Crippen molar-refractivity contribution in [3.8, 4) is 28.0 Å². The number of benzene rings is 4. The molecule has 0 N–H and O–H groups in total. The van der Waals surface area contributed by atoms with Crippen molar-refractivity contribution in [3.05, 3.63) is 115 Å². The first-order valence-corrected chi connectivity index (χ1v) is 9.84. The van der Waals surface area contributed by atoms with E-state index in [9.17, 15) is 9.18 Å². The van der Waals surface area contributed by atoms with Crippen LogP contribution >= 0.6 is 0 Å². The summed E-state index contributed by atoms with van der Waals surface area (Å²) >= 11 is 0. The van der Waals surface area contributed by atoms with Crippen LogP contribution in [-0.4, -0.2) is 5.97 Å². The number of hydrogen-bond acceptors (Lipinski definition) is 2. The van der Waals surface area contributed by atoms with Crippen molar-refractivity contribution < 1.29 is 13.9 Å². The molecule has 0 aliphatic heterocycles. The Morgan fingerprint density at radius 2 is 1.30 bits per heavy atom. The lowest BCUT2D eigenvalue weighted by Gasteiger charge is -2.13. The van der Waals surface area contributed by atoms with Crippen molar-refractivity contribution >= 4 is 5.97 Å². The number of ether oxygens (including phenoxy) is 1. The summed E-state index contributed by atoms with van der Waals surface area (Å²) in [6.45, 7) is 1.72. The minimum Gasteiger partial charge on any atom is -0.426 e. The number of halogens is 1. The summed E-state index contributed by atoms with van der Waals surface area (Å²) < 4.78 is 20.2. The van der Waals surface area contributed by atoms with Gasteiger partial charge in [0.2, 0.25) is 0 Å². The fourth-order valence-corrected chi connectivity index (χ4v) is 3.34. The first kappa shape index (κ1) is 19.6. The van der Waals surface area contributed by atoms with E-state index >= 15 is 0 Å². The summed E-state index contributed by atoms with van der Waals surface area (Å²) in [6.07, 6.45) is 0. The van der Waals surface area contributed by atoms with Crippen LogP contribution < -0.4 is 4.74 Å². The van der Waals surface area contributed by atoms with Crippen LogP contribution in [0.5, 0.6) is 5.75 Å². The Bertz CT molecular complexity index is 1140. The average Bonchev–Trinajstić information content (AvgIpc) is 2.80. The van der Waals surface area contributed by atoms with E-state index in [2.05, 4.69) is 0 Å². The fraction of sp³-hybridized carbons (Fsp3) is 0.0741. The molecule has 0 heterocycles. The summed E-state index contributed by atoms with van der Waals surface area (Å²) in [5.74, 6) is -0.897. The molecular weight excluding hydrogens is 375 g/mol. The predicted octanol–water partition coefficient (Wildman–Crippen LogP) is 6.87. The van der Waals surface area contributed by atoms with Crippen LogP contribution in [0.2, 0.25) is 0 Å². The van der Waals surface area contributed by atoms with Crippen molar-refractivity contribution in [1.82, 2.24) is 0 Å². The van der Waals surface area contributed by atoms with Crippen molar-refractivity contribution in [3.63, 3.8) is 0 Å². The maximum absolute atomic E-state index is 14.6. The van der Waals surface area contributed by atoms with E-state index in [1.54, 1.807) is 31.2 Å². The molecule has 0 spiro atoms. The molecular formula is C27H21FO2. The van der Waals surface area contributed by atoms with E-state index in [4.69, 9.17) is 4.74 Å². The molecule has 4 aromatic rings. The maximum atomic E-state index is 14.6. The van der Waals surface area contributed by atoms with E-state index in [0.29, 0.717) is 16.9 Å². The van der Waals surface area contributed by atoms with Crippen molar-refractivity contribution in [2.45, 2.75) is 12.8 Å². The number of carbonyl (C=O) groups excluding carboxylic acids is 1. The third kappa shape index (κ3) is 4.31. The minimum absolute atomic E-state index is 0.356. The van der Waals surface area contributed by atoms with Crippen LogP contribution in [0.1, 0.15) is 18.4 Å². The summed E-state index contributed by atoms with van der Waals surface area (Å²) in [7, 11) is 0. The van der Waals surface area contributed by atoms with Crippen LogP contribution in [0.4, 0.5) is 4.39 Å². The monoisotopic (exact) mass is 396 g/mol. The van der Waals surface area contributed by atoms with E-state index in [1.165, 1.54) is 6.07 Å². The molecule has 0 radical (unpaired) electrons. The number of hydrogen-bond donors (Lipinski definition) is 0. The quantitative estimate of drug-likeness (QED) is 0.272. The van der Waals surface area contributed by atoms with E-state index < -0.39 is 11.9 Å². The van der Waals surface area contributed by atoms with Gasteiger partial charge in [0.15, 0.2) is 0 Å². The molecule has 4 rings (SSSR count). The van der Waals surface area contributed by atoms with Gasteiger partial charge in [0, 0.05) is 5.56 Å². The van der Waals surface area contributed by atoms with E-state index in [-0.39, 0.29) is 5.82 Å². The zero-order valence-electron chi connectivity index (χ0n) is 16.6. The Labute approximate surface area is 175 Å². The van der Waals surface area contributed by atoms with E-state index in [0.717, 1.165) is 16.7 Å². The Morgan fingerprint density at radius 1 is 0.733 bits per heavy atom. The third-order valence-corrected chi connectivity index (χ3v) is 5.11. The van der Waals surface area contributed by atoms with Crippen molar-refractivity contribution in [2.24, 2.45) is 0 Å². The zero-order valence-corrected chi connectivity index (χ0v) is 16.6. The maximum Gasteiger partial charge on any atom is 0.318 e. The van der Waals surface area contributed by atoms with Crippen LogP contribution in [0.3, 0.4) is 0 Å². The molecule has 148 valence electrons. The number of rotatable bonds is 5. The first-order chi connectivity index (χ1) is 14.6. The molecule has 0 aliphatic rings.